The summed E-state index contributed by atoms with van der Waals surface area (Å²) in [6.07, 6.45) is 2.34. The van der Waals surface area contributed by atoms with Gasteiger partial charge in [-0.05, 0) is 67.0 Å². The zero-order valence-corrected chi connectivity index (χ0v) is 13.7. The van der Waals surface area contributed by atoms with Gasteiger partial charge in [-0.15, -0.1) is 0 Å². The summed E-state index contributed by atoms with van der Waals surface area (Å²) in [5.74, 6) is 0.0475. The number of halogens is 1. The van der Waals surface area contributed by atoms with Crippen LogP contribution < -0.4 is 10.6 Å². The van der Waals surface area contributed by atoms with Crippen LogP contribution >= 0.6 is 15.9 Å². The Labute approximate surface area is 129 Å². The lowest BCUT2D eigenvalue weighted by Gasteiger charge is -2.31. The van der Waals surface area contributed by atoms with E-state index in [9.17, 15) is 4.79 Å². The average molecular weight is 340 g/mol. The molecule has 1 aliphatic rings. The molecule has 20 heavy (non-hydrogen) atoms. The Morgan fingerprint density at radius 3 is 3.00 bits per heavy atom. The van der Waals surface area contributed by atoms with E-state index in [1.165, 1.54) is 12.0 Å². The molecule has 1 unspecified atom stereocenters. The number of benzene rings is 1. The largest absolute Gasteiger partial charge is 0.324 e. The van der Waals surface area contributed by atoms with Crippen LogP contribution in [0.4, 0.5) is 5.69 Å². The van der Waals surface area contributed by atoms with E-state index in [0.29, 0.717) is 12.6 Å². The van der Waals surface area contributed by atoms with Crippen molar-refractivity contribution in [2.45, 2.75) is 25.8 Å². The van der Waals surface area contributed by atoms with Crippen molar-refractivity contribution >= 4 is 27.5 Å². The van der Waals surface area contributed by atoms with E-state index in [2.05, 4.69) is 31.5 Å². The van der Waals surface area contributed by atoms with Crippen molar-refractivity contribution < 1.29 is 4.79 Å². The second kappa shape index (κ2) is 7.20. The molecule has 0 radical (unpaired) electrons. The first kappa shape index (κ1) is 15.5. The predicted molar refractivity (Wildman–Crippen MR) is 86.0 cm³/mol. The Morgan fingerprint density at radius 1 is 1.50 bits per heavy atom. The van der Waals surface area contributed by atoms with Crippen LogP contribution in [0, 0.1) is 6.92 Å². The van der Waals surface area contributed by atoms with E-state index in [4.69, 9.17) is 0 Å². The van der Waals surface area contributed by atoms with Crippen molar-refractivity contribution in [2.75, 3.05) is 32.0 Å². The molecule has 1 heterocycles. The number of carbonyl (C=O) groups excluding carboxylic acids is 1. The minimum Gasteiger partial charge on any atom is -0.324 e. The van der Waals surface area contributed by atoms with E-state index in [1.807, 2.05) is 32.2 Å². The number of likely N-dealkylation sites (N-methyl/N-ethyl adjacent to an activating group) is 1. The standard InChI is InChI=1S/C15H22BrN3O/c1-11-5-6-14(13(16)8-11)18-15(20)10-19-7-3-4-12(9-19)17-2/h5-6,8,12,17H,3-4,7,9-10H2,1-2H3,(H,18,20). The summed E-state index contributed by atoms with van der Waals surface area (Å²) in [5, 5.41) is 6.26. The molecule has 1 aromatic rings. The van der Waals surface area contributed by atoms with E-state index in [0.717, 1.165) is 29.7 Å². The lowest BCUT2D eigenvalue weighted by molar-refractivity contribution is -0.117. The summed E-state index contributed by atoms with van der Waals surface area (Å²) in [7, 11) is 1.98. The number of anilines is 1. The van der Waals surface area contributed by atoms with Crippen molar-refractivity contribution in [2.24, 2.45) is 0 Å². The molecule has 1 aliphatic heterocycles. The van der Waals surface area contributed by atoms with Gasteiger partial charge >= 0.3 is 0 Å². The van der Waals surface area contributed by atoms with Gasteiger partial charge in [-0.25, -0.2) is 0 Å². The van der Waals surface area contributed by atoms with E-state index < -0.39 is 0 Å². The fourth-order valence-corrected chi connectivity index (χ4v) is 3.14. The Balaban J connectivity index is 1.88. The monoisotopic (exact) mass is 339 g/mol. The van der Waals surface area contributed by atoms with E-state index in [-0.39, 0.29) is 5.91 Å². The van der Waals surface area contributed by atoms with Gasteiger partial charge in [0.05, 0.1) is 12.2 Å². The van der Waals surface area contributed by atoms with Crippen LogP contribution in [0.2, 0.25) is 0 Å². The summed E-state index contributed by atoms with van der Waals surface area (Å²) in [6.45, 7) is 4.43. The highest BCUT2D eigenvalue weighted by Crippen LogP contribution is 2.23. The maximum atomic E-state index is 12.1. The Hall–Kier alpha value is -0.910. The molecule has 2 rings (SSSR count). The fourth-order valence-electron chi connectivity index (χ4n) is 2.55. The maximum absolute atomic E-state index is 12.1. The molecule has 2 N–H and O–H groups in total. The Bertz CT molecular complexity index is 478. The molecule has 0 aromatic heterocycles. The molecular weight excluding hydrogens is 318 g/mol. The fraction of sp³-hybridized carbons (Fsp3) is 0.533. The minimum absolute atomic E-state index is 0.0475. The number of nitrogens with zero attached hydrogens (tertiary/aromatic N) is 1. The van der Waals surface area contributed by atoms with Gasteiger partial charge in [0, 0.05) is 17.1 Å². The number of piperidine rings is 1. The van der Waals surface area contributed by atoms with Gasteiger partial charge in [0.2, 0.25) is 5.91 Å². The SMILES string of the molecule is CNC1CCCN(CC(=O)Nc2ccc(C)cc2Br)C1. The zero-order valence-electron chi connectivity index (χ0n) is 12.1. The minimum atomic E-state index is 0.0475. The number of rotatable bonds is 4. The predicted octanol–water partition coefficient (Wildman–Crippen LogP) is 2.38. The molecule has 5 heteroatoms. The summed E-state index contributed by atoms with van der Waals surface area (Å²) < 4.78 is 0.928. The first-order valence-electron chi connectivity index (χ1n) is 7.04. The average Bonchev–Trinajstić information content (AvgIpc) is 2.42. The molecule has 1 saturated heterocycles. The number of hydrogen-bond donors (Lipinski definition) is 2. The van der Waals surface area contributed by atoms with Crippen molar-refractivity contribution in [1.82, 2.24) is 10.2 Å². The second-order valence-corrected chi connectivity index (χ2v) is 6.25. The zero-order chi connectivity index (χ0) is 14.5. The molecule has 0 spiro atoms. The smallest absolute Gasteiger partial charge is 0.238 e. The van der Waals surface area contributed by atoms with Gasteiger partial charge < -0.3 is 10.6 Å². The third-order valence-corrected chi connectivity index (χ3v) is 4.34. The van der Waals surface area contributed by atoms with E-state index >= 15 is 0 Å². The normalized spacial score (nSPS) is 19.9. The topological polar surface area (TPSA) is 44.4 Å². The molecule has 0 saturated carbocycles. The van der Waals surface area contributed by atoms with Crippen LogP contribution in [0.1, 0.15) is 18.4 Å². The lowest BCUT2D eigenvalue weighted by atomic mass is 10.1. The van der Waals surface area contributed by atoms with Crippen LogP contribution in [0.15, 0.2) is 22.7 Å². The maximum Gasteiger partial charge on any atom is 0.238 e. The Kier molecular flexibility index (Phi) is 5.57. The molecule has 1 aromatic carbocycles. The number of amides is 1. The molecule has 0 aliphatic carbocycles. The summed E-state index contributed by atoms with van der Waals surface area (Å²) in [6, 6.07) is 6.44. The highest BCUT2D eigenvalue weighted by molar-refractivity contribution is 9.10. The highest BCUT2D eigenvalue weighted by Gasteiger charge is 2.20. The molecule has 1 fully saturated rings. The first-order valence-corrected chi connectivity index (χ1v) is 7.83. The number of carbonyl (C=O) groups is 1. The highest BCUT2D eigenvalue weighted by atomic mass is 79.9. The van der Waals surface area contributed by atoms with Crippen LogP contribution in [0.3, 0.4) is 0 Å². The molecule has 1 atom stereocenters. The van der Waals surface area contributed by atoms with Gasteiger partial charge in [0.1, 0.15) is 0 Å². The summed E-state index contributed by atoms with van der Waals surface area (Å²) >= 11 is 3.48. The molecule has 110 valence electrons. The number of aryl methyl sites for hydroxylation is 1. The van der Waals surface area contributed by atoms with Crippen LogP contribution in [0.5, 0.6) is 0 Å². The number of nitrogens with one attached hydrogen (secondary N) is 2. The third kappa shape index (κ3) is 4.30. The number of hydrogen-bond acceptors (Lipinski definition) is 3. The lowest BCUT2D eigenvalue weighted by Crippen LogP contribution is -2.46. The van der Waals surface area contributed by atoms with Gasteiger partial charge in [0.15, 0.2) is 0 Å². The molecule has 0 bridgehead atoms. The molecule has 4 nitrogen and oxygen atoms in total. The summed E-state index contributed by atoms with van der Waals surface area (Å²) in [5.41, 5.74) is 2.01. The Morgan fingerprint density at radius 2 is 2.30 bits per heavy atom. The van der Waals surface area contributed by atoms with Crippen molar-refractivity contribution in [3.63, 3.8) is 0 Å². The van der Waals surface area contributed by atoms with Gasteiger partial charge in [-0.1, -0.05) is 6.07 Å². The van der Waals surface area contributed by atoms with E-state index in [1.54, 1.807) is 0 Å². The molecular formula is C15H22BrN3O. The molecule has 1 amide bonds. The van der Waals surface area contributed by atoms with Crippen LogP contribution in [-0.4, -0.2) is 43.5 Å². The second-order valence-electron chi connectivity index (χ2n) is 5.39. The van der Waals surface area contributed by atoms with Crippen molar-refractivity contribution in [1.29, 1.82) is 0 Å². The van der Waals surface area contributed by atoms with Gasteiger partial charge in [-0.3, -0.25) is 9.69 Å². The summed E-state index contributed by atoms with van der Waals surface area (Å²) in [4.78, 5) is 14.3. The quantitative estimate of drug-likeness (QED) is 0.885. The van der Waals surface area contributed by atoms with Gasteiger partial charge in [-0.2, -0.15) is 0 Å². The third-order valence-electron chi connectivity index (χ3n) is 3.68. The van der Waals surface area contributed by atoms with Crippen molar-refractivity contribution in [3.05, 3.63) is 28.2 Å². The number of likely N-dealkylation sites (tertiary alicyclic amines) is 1. The van der Waals surface area contributed by atoms with Crippen molar-refractivity contribution in [3.8, 4) is 0 Å². The van der Waals surface area contributed by atoms with Crippen LogP contribution in [-0.2, 0) is 4.79 Å². The van der Waals surface area contributed by atoms with Crippen LogP contribution in [0.25, 0.3) is 0 Å². The first-order chi connectivity index (χ1) is 9.58. The van der Waals surface area contributed by atoms with Gasteiger partial charge in [0.25, 0.3) is 0 Å².